The predicted octanol–water partition coefficient (Wildman–Crippen LogP) is 3.27. The second-order valence-corrected chi connectivity index (χ2v) is 7.63. The Kier molecular flexibility index (Phi) is 2.09. The lowest BCUT2D eigenvalue weighted by Gasteiger charge is -2.54. The standard InChI is InChI=1S/C14H25NO/c1-12(2)6-5-7-14-9-11(15-16-14)13(3,4)8-10(12)14/h10-11,15H,5-9H2,1-4H3/t10-,11+,14-/m0/s1. The van der Waals surface area contributed by atoms with Crippen molar-refractivity contribution in [2.24, 2.45) is 16.7 Å². The smallest absolute Gasteiger partial charge is 0.0946 e. The lowest BCUT2D eigenvalue weighted by atomic mass is 9.51. The van der Waals surface area contributed by atoms with Crippen LogP contribution in [0.4, 0.5) is 0 Å². The van der Waals surface area contributed by atoms with Crippen molar-refractivity contribution in [1.82, 2.24) is 5.48 Å². The van der Waals surface area contributed by atoms with Crippen LogP contribution in [0.15, 0.2) is 0 Å². The first-order valence-electron chi connectivity index (χ1n) is 6.79. The van der Waals surface area contributed by atoms with Crippen molar-refractivity contribution in [1.29, 1.82) is 0 Å². The van der Waals surface area contributed by atoms with Crippen LogP contribution in [0, 0.1) is 16.7 Å². The highest BCUT2D eigenvalue weighted by Gasteiger charge is 2.61. The summed E-state index contributed by atoms with van der Waals surface area (Å²) in [6, 6.07) is 0.567. The molecule has 0 amide bonds. The molecule has 2 saturated carbocycles. The van der Waals surface area contributed by atoms with Crippen LogP contribution in [0.3, 0.4) is 0 Å². The maximum Gasteiger partial charge on any atom is 0.0946 e. The Morgan fingerprint density at radius 3 is 2.50 bits per heavy atom. The third-order valence-electron chi connectivity index (χ3n) is 5.63. The predicted molar refractivity (Wildman–Crippen MR) is 64.9 cm³/mol. The van der Waals surface area contributed by atoms with Crippen LogP contribution in [0.25, 0.3) is 0 Å². The monoisotopic (exact) mass is 223 g/mol. The van der Waals surface area contributed by atoms with Gasteiger partial charge in [0.1, 0.15) is 0 Å². The molecule has 2 bridgehead atoms. The van der Waals surface area contributed by atoms with Crippen molar-refractivity contribution in [2.75, 3.05) is 0 Å². The van der Waals surface area contributed by atoms with E-state index in [0.717, 1.165) is 5.92 Å². The molecular formula is C14H25NO. The lowest BCUT2D eigenvalue weighted by molar-refractivity contribution is -0.149. The number of hydroxylamine groups is 1. The van der Waals surface area contributed by atoms with Crippen molar-refractivity contribution < 1.29 is 4.84 Å². The second-order valence-electron chi connectivity index (χ2n) is 7.63. The quantitative estimate of drug-likeness (QED) is 0.680. The van der Waals surface area contributed by atoms with Gasteiger partial charge in [0.05, 0.1) is 5.60 Å². The molecule has 0 aromatic heterocycles. The van der Waals surface area contributed by atoms with Crippen molar-refractivity contribution in [2.45, 2.75) is 71.4 Å². The Hall–Kier alpha value is -0.0800. The van der Waals surface area contributed by atoms with E-state index in [-0.39, 0.29) is 5.60 Å². The lowest BCUT2D eigenvalue weighted by Crippen LogP contribution is -2.54. The molecule has 0 aromatic carbocycles. The van der Waals surface area contributed by atoms with Gasteiger partial charge in [0.25, 0.3) is 0 Å². The van der Waals surface area contributed by atoms with Crippen LogP contribution in [-0.2, 0) is 4.84 Å². The van der Waals surface area contributed by atoms with Gasteiger partial charge >= 0.3 is 0 Å². The van der Waals surface area contributed by atoms with Crippen LogP contribution in [0.1, 0.15) is 59.8 Å². The average Bonchev–Trinajstić information content (AvgIpc) is 2.53. The minimum Gasteiger partial charge on any atom is -0.295 e. The van der Waals surface area contributed by atoms with Gasteiger partial charge in [-0.25, -0.2) is 0 Å². The maximum atomic E-state index is 6.09. The molecule has 92 valence electrons. The van der Waals surface area contributed by atoms with Crippen LogP contribution < -0.4 is 5.48 Å². The summed E-state index contributed by atoms with van der Waals surface area (Å²) in [7, 11) is 0. The van der Waals surface area contributed by atoms with Gasteiger partial charge in [-0.05, 0) is 48.9 Å². The van der Waals surface area contributed by atoms with E-state index in [1.54, 1.807) is 0 Å². The Labute approximate surface area is 99.1 Å². The van der Waals surface area contributed by atoms with Gasteiger partial charge in [0.2, 0.25) is 0 Å². The molecule has 3 fully saturated rings. The van der Waals surface area contributed by atoms with Gasteiger partial charge in [0, 0.05) is 6.04 Å². The van der Waals surface area contributed by atoms with Gasteiger partial charge < -0.3 is 0 Å². The zero-order valence-corrected chi connectivity index (χ0v) is 11.1. The third-order valence-corrected chi connectivity index (χ3v) is 5.63. The number of hydrogen-bond acceptors (Lipinski definition) is 2. The molecule has 0 unspecified atom stereocenters. The van der Waals surface area contributed by atoms with E-state index in [9.17, 15) is 0 Å². The number of hydrogen-bond donors (Lipinski definition) is 1. The summed E-state index contributed by atoms with van der Waals surface area (Å²) in [4.78, 5) is 6.09. The van der Waals surface area contributed by atoms with Crippen LogP contribution in [0.2, 0.25) is 0 Å². The van der Waals surface area contributed by atoms with Crippen molar-refractivity contribution >= 4 is 0 Å². The summed E-state index contributed by atoms with van der Waals surface area (Å²) in [5.41, 5.74) is 4.34. The first-order valence-corrected chi connectivity index (χ1v) is 6.79. The summed E-state index contributed by atoms with van der Waals surface area (Å²) in [6.45, 7) is 9.68. The van der Waals surface area contributed by atoms with Crippen LogP contribution in [-0.4, -0.2) is 11.6 Å². The largest absolute Gasteiger partial charge is 0.295 e. The van der Waals surface area contributed by atoms with E-state index in [1.165, 1.54) is 32.1 Å². The molecule has 16 heavy (non-hydrogen) atoms. The minimum atomic E-state index is 0.169. The molecule has 2 aliphatic carbocycles. The molecule has 3 aliphatic rings. The zero-order chi connectivity index (χ0) is 11.6. The van der Waals surface area contributed by atoms with Gasteiger partial charge in [0.15, 0.2) is 0 Å². The van der Waals surface area contributed by atoms with Crippen molar-refractivity contribution in [3.8, 4) is 0 Å². The van der Waals surface area contributed by atoms with Crippen LogP contribution in [0.5, 0.6) is 0 Å². The summed E-state index contributed by atoms with van der Waals surface area (Å²) in [5, 5.41) is 0. The van der Waals surface area contributed by atoms with E-state index in [0.29, 0.717) is 16.9 Å². The topological polar surface area (TPSA) is 21.3 Å². The normalized spacial score (nSPS) is 48.8. The maximum absolute atomic E-state index is 6.09. The molecule has 1 aliphatic heterocycles. The number of nitrogens with one attached hydrogen (secondary N) is 1. The van der Waals surface area contributed by atoms with Gasteiger partial charge in [-0.1, -0.05) is 27.7 Å². The van der Waals surface area contributed by atoms with E-state index >= 15 is 0 Å². The fourth-order valence-electron chi connectivity index (χ4n) is 4.45. The highest BCUT2D eigenvalue weighted by molar-refractivity contribution is 5.11. The van der Waals surface area contributed by atoms with Gasteiger partial charge in [-0.3, -0.25) is 4.84 Å². The first-order chi connectivity index (χ1) is 7.36. The Bertz CT molecular complexity index is 310. The third kappa shape index (κ3) is 1.32. The molecular weight excluding hydrogens is 198 g/mol. The minimum absolute atomic E-state index is 0.169. The molecule has 1 saturated heterocycles. The molecule has 0 radical (unpaired) electrons. The van der Waals surface area contributed by atoms with Gasteiger partial charge in [-0.15, -0.1) is 0 Å². The van der Waals surface area contributed by atoms with E-state index in [1.807, 2.05) is 0 Å². The summed E-state index contributed by atoms with van der Waals surface area (Å²) in [6.07, 6.45) is 6.51. The number of rotatable bonds is 0. The second kappa shape index (κ2) is 3.02. The summed E-state index contributed by atoms with van der Waals surface area (Å²) >= 11 is 0. The molecule has 1 spiro atoms. The SMILES string of the molecule is CC1(C)C[C@H]2C(C)(C)CCC[C@]23C[C@H]1NO3. The average molecular weight is 223 g/mol. The summed E-state index contributed by atoms with van der Waals surface area (Å²) in [5.74, 6) is 0.731. The molecule has 2 heteroatoms. The fraction of sp³-hybridized carbons (Fsp3) is 1.00. The molecule has 2 nitrogen and oxygen atoms in total. The van der Waals surface area contributed by atoms with E-state index < -0.39 is 0 Å². The van der Waals surface area contributed by atoms with Gasteiger partial charge in [-0.2, -0.15) is 5.48 Å². The molecule has 1 N–H and O–H groups in total. The molecule has 1 heterocycles. The Morgan fingerprint density at radius 1 is 1.00 bits per heavy atom. The fourth-order valence-corrected chi connectivity index (χ4v) is 4.45. The molecule has 3 atom stereocenters. The van der Waals surface area contributed by atoms with E-state index in [2.05, 4.69) is 33.2 Å². The van der Waals surface area contributed by atoms with Crippen LogP contribution >= 0.6 is 0 Å². The molecule has 0 aromatic rings. The number of fused-ring (bicyclic) bond motifs is 1. The molecule has 3 rings (SSSR count). The Morgan fingerprint density at radius 2 is 1.75 bits per heavy atom. The Balaban J connectivity index is 1.99. The zero-order valence-electron chi connectivity index (χ0n) is 11.1. The van der Waals surface area contributed by atoms with E-state index in [4.69, 9.17) is 4.84 Å². The highest BCUT2D eigenvalue weighted by Crippen LogP contribution is 2.60. The summed E-state index contributed by atoms with van der Waals surface area (Å²) < 4.78 is 0. The van der Waals surface area contributed by atoms with Crippen molar-refractivity contribution in [3.05, 3.63) is 0 Å². The highest BCUT2D eigenvalue weighted by atomic mass is 16.7. The first kappa shape index (κ1) is 11.0. The van der Waals surface area contributed by atoms with Crippen molar-refractivity contribution in [3.63, 3.8) is 0 Å².